The normalized spacial score (nSPS) is 17.9. The lowest BCUT2D eigenvalue weighted by atomic mass is 9.86. The van der Waals surface area contributed by atoms with Crippen LogP contribution < -0.4 is 4.90 Å². The molecule has 2 amide bonds. The van der Waals surface area contributed by atoms with Crippen molar-refractivity contribution in [1.29, 1.82) is 0 Å². The highest BCUT2D eigenvalue weighted by Crippen LogP contribution is 2.42. The van der Waals surface area contributed by atoms with Crippen LogP contribution in [0.4, 0.5) is 5.69 Å². The molecular weight excluding hydrogens is 348 g/mol. The SMILES string of the molecule is CC1(C)C(=O)N(CC(=O)N2CCc3ccccc3C2)c2ccc(Cl)cc21. The Balaban J connectivity index is 1.57. The van der Waals surface area contributed by atoms with Gasteiger partial charge >= 0.3 is 0 Å². The maximum Gasteiger partial charge on any atom is 0.242 e. The molecule has 0 saturated carbocycles. The highest BCUT2D eigenvalue weighted by Gasteiger charge is 2.44. The van der Waals surface area contributed by atoms with Crippen molar-refractivity contribution < 1.29 is 9.59 Å². The van der Waals surface area contributed by atoms with Gasteiger partial charge in [-0.2, -0.15) is 0 Å². The molecule has 0 bridgehead atoms. The number of carbonyl (C=O) groups is 2. The smallest absolute Gasteiger partial charge is 0.242 e. The summed E-state index contributed by atoms with van der Waals surface area (Å²) in [5.74, 6) is -0.0769. The minimum Gasteiger partial charge on any atom is -0.336 e. The van der Waals surface area contributed by atoms with Crippen molar-refractivity contribution in [2.45, 2.75) is 32.2 Å². The molecule has 0 atom stereocenters. The maximum absolute atomic E-state index is 12.9. The summed E-state index contributed by atoms with van der Waals surface area (Å²) in [4.78, 5) is 29.3. The van der Waals surface area contributed by atoms with Crippen molar-refractivity contribution >= 4 is 29.1 Å². The zero-order chi connectivity index (χ0) is 18.5. The van der Waals surface area contributed by atoms with Gasteiger partial charge in [0.05, 0.1) is 5.41 Å². The summed E-state index contributed by atoms with van der Waals surface area (Å²) in [7, 11) is 0. The van der Waals surface area contributed by atoms with Crippen LogP contribution in [0.2, 0.25) is 5.02 Å². The second-order valence-corrected chi connectivity index (χ2v) is 7.95. The Morgan fingerprint density at radius 2 is 1.88 bits per heavy atom. The van der Waals surface area contributed by atoms with E-state index >= 15 is 0 Å². The quantitative estimate of drug-likeness (QED) is 0.813. The van der Waals surface area contributed by atoms with Crippen molar-refractivity contribution in [2.24, 2.45) is 0 Å². The Kier molecular flexibility index (Phi) is 4.03. The molecule has 0 N–H and O–H groups in total. The number of benzene rings is 2. The Bertz CT molecular complexity index is 907. The van der Waals surface area contributed by atoms with Crippen molar-refractivity contribution in [1.82, 2.24) is 4.90 Å². The van der Waals surface area contributed by atoms with Crippen LogP contribution in [0, 0.1) is 0 Å². The number of amides is 2. The van der Waals surface area contributed by atoms with Crippen LogP contribution in [0.5, 0.6) is 0 Å². The number of hydrogen-bond donors (Lipinski definition) is 0. The molecule has 2 heterocycles. The second-order valence-electron chi connectivity index (χ2n) is 7.51. The van der Waals surface area contributed by atoms with Crippen molar-refractivity contribution in [3.05, 3.63) is 64.2 Å². The molecule has 2 aliphatic rings. The van der Waals surface area contributed by atoms with Crippen LogP contribution >= 0.6 is 11.6 Å². The number of hydrogen-bond acceptors (Lipinski definition) is 2. The van der Waals surface area contributed by atoms with E-state index in [-0.39, 0.29) is 18.4 Å². The lowest BCUT2D eigenvalue weighted by Gasteiger charge is -2.30. The van der Waals surface area contributed by atoms with E-state index in [2.05, 4.69) is 12.1 Å². The van der Waals surface area contributed by atoms with Gasteiger partial charge in [-0.1, -0.05) is 35.9 Å². The first-order valence-corrected chi connectivity index (χ1v) is 9.22. The molecule has 26 heavy (non-hydrogen) atoms. The number of halogens is 1. The predicted octanol–water partition coefficient (Wildman–Crippen LogP) is 3.55. The third-order valence-corrected chi connectivity index (χ3v) is 5.71. The van der Waals surface area contributed by atoms with Gasteiger partial charge in [0.25, 0.3) is 0 Å². The number of fused-ring (bicyclic) bond motifs is 2. The molecular formula is C21H21ClN2O2. The number of rotatable bonds is 2. The zero-order valence-electron chi connectivity index (χ0n) is 15.0. The molecule has 0 aromatic heterocycles. The fourth-order valence-corrected chi connectivity index (χ4v) is 4.08. The topological polar surface area (TPSA) is 40.6 Å². The van der Waals surface area contributed by atoms with Gasteiger partial charge in [0.2, 0.25) is 11.8 Å². The molecule has 4 nitrogen and oxygen atoms in total. The van der Waals surface area contributed by atoms with E-state index in [4.69, 9.17) is 11.6 Å². The van der Waals surface area contributed by atoms with Crippen LogP contribution in [0.15, 0.2) is 42.5 Å². The number of anilines is 1. The summed E-state index contributed by atoms with van der Waals surface area (Å²) in [5, 5.41) is 0.602. The first kappa shape index (κ1) is 17.1. The molecule has 4 rings (SSSR count). The number of carbonyl (C=O) groups excluding carboxylic acids is 2. The van der Waals surface area contributed by atoms with Gasteiger partial charge in [0, 0.05) is 23.8 Å². The summed E-state index contributed by atoms with van der Waals surface area (Å²) >= 11 is 6.12. The average Bonchev–Trinajstić information content (AvgIpc) is 2.82. The predicted molar refractivity (Wildman–Crippen MR) is 102 cm³/mol. The average molecular weight is 369 g/mol. The van der Waals surface area contributed by atoms with E-state index in [1.807, 2.05) is 43.0 Å². The monoisotopic (exact) mass is 368 g/mol. The standard InChI is InChI=1S/C21H21ClN2O2/c1-21(2)17-11-16(22)7-8-18(17)24(20(21)26)13-19(25)23-10-9-14-5-3-4-6-15(14)12-23/h3-8,11H,9-10,12-13H2,1-2H3. The van der Waals surface area contributed by atoms with Crippen LogP contribution in [0.1, 0.15) is 30.5 Å². The van der Waals surface area contributed by atoms with Gasteiger partial charge in [-0.15, -0.1) is 0 Å². The fourth-order valence-electron chi connectivity index (χ4n) is 3.91. The molecule has 0 fully saturated rings. The molecule has 0 aliphatic carbocycles. The van der Waals surface area contributed by atoms with Gasteiger partial charge in [0.15, 0.2) is 0 Å². The lowest BCUT2D eigenvalue weighted by molar-refractivity contribution is -0.132. The molecule has 0 unspecified atom stereocenters. The van der Waals surface area contributed by atoms with Crippen LogP contribution in [0.3, 0.4) is 0 Å². The highest BCUT2D eigenvalue weighted by atomic mass is 35.5. The van der Waals surface area contributed by atoms with Crippen LogP contribution in [0.25, 0.3) is 0 Å². The molecule has 0 saturated heterocycles. The maximum atomic E-state index is 12.9. The molecule has 5 heteroatoms. The van der Waals surface area contributed by atoms with Crippen molar-refractivity contribution in [2.75, 3.05) is 18.0 Å². The lowest BCUT2D eigenvalue weighted by Crippen LogP contribution is -2.45. The molecule has 2 aliphatic heterocycles. The number of nitrogens with zero attached hydrogens (tertiary/aromatic N) is 2. The van der Waals surface area contributed by atoms with E-state index in [1.54, 1.807) is 11.0 Å². The minimum absolute atomic E-state index is 0.0218. The Labute approximate surface area is 158 Å². The molecule has 2 aromatic carbocycles. The third kappa shape index (κ3) is 2.69. The summed E-state index contributed by atoms with van der Waals surface area (Å²) in [6, 6.07) is 13.6. The first-order chi connectivity index (χ1) is 12.4. The fraction of sp³-hybridized carbons (Fsp3) is 0.333. The van der Waals surface area contributed by atoms with Gasteiger partial charge < -0.3 is 9.80 Å². The van der Waals surface area contributed by atoms with E-state index < -0.39 is 5.41 Å². The summed E-state index contributed by atoms with van der Waals surface area (Å²) in [5.41, 5.74) is 3.49. The van der Waals surface area contributed by atoms with Crippen LogP contribution in [-0.4, -0.2) is 29.8 Å². The molecule has 0 radical (unpaired) electrons. The summed E-state index contributed by atoms with van der Waals surface area (Å²) < 4.78 is 0. The van der Waals surface area contributed by atoms with Gasteiger partial charge in [-0.25, -0.2) is 0 Å². The van der Waals surface area contributed by atoms with E-state index in [0.717, 1.165) is 17.7 Å². The van der Waals surface area contributed by atoms with Crippen molar-refractivity contribution in [3.63, 3.8) is 0 Å². The summed E-state index contributed by atoms with van der Waals surface area (Å²) in [6.45, 7) is 5.12. The third-order valence-electron chi connectivity index (χ3n) is 5.48. The Morgan fingerprint density at radius 3 is 2.65 bits per heavy atom. The second kappa shape index (κ2) is 6.13. The zero-order valence-corrected chi connectivity index (χ0v) is 15.7. The molecule has 134 valence electrons. The van der Waals surface area contributed by atoms with E-state index in [9.17, 15) is 9.59 Å². The Morgan fingerprint density at radius 1 is 1.15 bits per heavy atom. The highest BCUT2D eigenvalue weighted by molar-refractivity contribution is 6.31. The largest absolute Gasteiger partial charge is 0.336 e. The summed E-state index contributed by atoms with van der Waals surface area (Å²) in [6.07, 6.45) is 0.855. The van der Waals surface area contributed by atoms with E-state index in [0.29, 0.717) is 18.1 Å². The Hall–Kier alpha value is -2.33. The van der Waals surface area contributed by atoms with Crippen LogP contribution in [-0.2, 0) is 28.0 Å². The van der Waals surface area contributed by atoms with E-state index in [1.165, 1.54) is 11.1 Å². The first-order valence-electron chi connectivity index (χ1n) is 8.84. The molecule has 0 spiro atoms. The van der Waals surface area contributed by atoms with Gasteiger partial charge in [0.1, 0.15) is 6.54 Å². The molecule has 2 aromatic rings. The van der Waals surface area contributed by atoms with Gasteiger partial charge in [-0.3, -0.25) is 9.59 Å². The minimum atomic E-state index is -0.672. The van der Waals surface area contributed by atoms with Crippen molar-refractivity contribution in [3.8, 4) is 0 Å². The van der Waals surface area contributed by atoms with Gasteiger partial charge in [-0.05, 0) is 55.2 Å².